The Labute approximate surface area is 115 Å². The molecule has 1 aromatic heterocycles. The van der Waals surface area contributed by atoms with E-state index in [0.717, 1.165) is 11.4 Å². The quantitative estimate of drug-likeness (QED) is 0.928. The van der Waals surface area contributed by atoms with Gasteiger partial charge >= 0.3 is 0 Å². The van der Waals surface area contributed by atoms with E-state index in [1.807, 2.05) is 13.1 Å². The molecule has 0 bridgehead atoms. The van der Waals surface area contributed by atoms with E-state index in [9.17, 15) is 0 Å². The van der Waals surface area contributed by atoms with Gasteiger partial charge in [0.15, 0.2) is 0 Å². The number of benzene rings is 1. The number of nitriles is 1. The van der Waals surface area contributed by atoms with E-state index in [1.54, 1.807) is 29.5 Å². The van der Waals surface area contributed by atoms with Crippen LogP contribution in [-0.2, 0) is 6.42 Å². The minimum absolute atomic E-state index is 0.567. The van der Waals surface area contributed by atoms with Crippen LogP contribution in [0.2, 0.25) is 5.02 Å². The van der Waals surface area contributed by atoms with Gasteiger partial charge in [0.1, 0.15) is 6.07 Å². The normalized spacial score (nSPS) is 10.1. The van der Waals surface area contributed by atoms with E-state index in [2.05, 4.69) is 16.4 Å². The second-order valence-electron chi connectivity index (χ2n) is 3.82. The van der Waals surface area contributed by atoms with Crippen LogP contribution in [0.5, 0.6) is 0 Å². The smallest absolute Gasteiger partial charge is 0.101 e. The van der Waals surface area contributed by atoms with Gasteiger partial charge in [0, 0.05) is 24.0 Å². The van der Waals surface area contributed by atoms with Gasteiger partial charge in [-0.05, 0) is 19.1 Å². The third kappa shape index (κ3) is 3.00. The molecular formula is C13H12ClN3S. The second-order valence-corrected chi connectivity index (χ2v) is 5.54. The van der Waals surface area contributed by atoms with Crippen molar-refractivity contribution in [2.24, 2.45) is 0 Å². The molecule has 0 radical (unpaired) electrons. The van der Waals surface area contributed by atoms with Crippen molar-refractivity contribution in [1.29, 1.82) is 5.26 Å². The van der Waals surface area contributed by atoms with Crippen LogP contribution in [0.25, 0.3) is 0 Å². The Hall–Kier alpha value is -1.57. The van der Waals surface area contributed by atoms with Gasteiger partial charge in [0.25, 0.3) is 0 Å². The van der Waals surface area contributed by atoms with Crippen molar-refractivity contribution in [3.8, 4) is 6.07 Å². The molecule has 1 N–H and O–H groups in total. The molecule has 2 rings (SSSR count). The maximum Gasteiger partial charge on any atom is 0.101 e. The zero-order valence-corrected chi connectivity index (χ0v) is 11.5. The van der Waals surface area contributed by atoms with E-state index in [1.165, 1.54) is 4.88 Å². The Kier molecular flexibility index (Phi) is 4.19. The van der Waals surface area contributed by atoms with Crippen LogP contribution in [0.3, 0.4) is 0 Å². The molecule has 0 fully saturated rings. The molecule has 0 saturated heterocycles. The number of rotatable bonds is 4. The highest BCUT2D eigenvalue weighted by Gasteiger charge is 2.06. The largest absolute Gasteiger partial charge is 0.382 e. The topological polar surface area (TPSA) is 48.7 Å². The van der Waals surface area contributed by atoms with Gasteiger partial charge in [-0.3, -0.25) is 0 Å². The van der Waals surface area contributed by atoms with Crippen molar-refractivity contribution >= 4 is 28.6 Å². The minimum atomic E-state index is 0.567. The molecule has 0 spiro atoms. The number of nitrogens with zero attached hydrogens (tertiary/aromatic N) is 2. The number of thiazole rings is 1. The summed E-state index contributed by atoms with van der Waals surface area (Å²) in [6.45, 7) is 2.75. The summed E-state index contributed by atoms with van der Waals surface area (Å²) in [5.41, 5.74) is 1.27. The molecule has 5 heteroatoms. The summed E-state index contributed by atoms with van der Waals surface area (Å²) in [5.74, 6) is 0. The summed E-state index contributed by atoms with van der Waals surface area (Å²) in [6.07, 6.45) is 2.70. The summed E-state index contributed by atoms with van der Waals surface area (Å²) in [6, 6.07) is 7.43. The molecule has 0 aliphatic heterocycles. The number of aromatic nitrogens is 1. The monoisotopic (exact) mass is 277 g/mol. The fourth-order valence-electron chi connectivity index (χ4n) is 1.61. The molecule has 0 aliphatic rings. The van der Waals surface area contributed by atoms with Gasteiger partial charge in [-0.2, -0.15) is 5.26 Å². The molecule has 0 unspecified atom stereocenters. The molecular weight excluding hydrogens is 266 g/mol. The molecule has 92 valence electrons. The first-order chi connectivity index (χ1) is 8.70. The molecule has 1 aromatic carbocycles. The fourth-order valence-corrected chi connectivity index (χ4v) is 2.64. The zero-order valence-electron chi connectivity index (χ0n) is 9.90. The van der Waals surface area contributed by atoms with Crippen molar-refractivity contribution in [2.75, 3.05) is 11.9 Å². The number of hydrogen-bond donors (Lipinski definition) is 1. The van der Waals surface area contributed by atoms with Crippen LogP contribution in [0.1, 0.15) is 15.4 Å². The van der Waals surface area contributed by atoms with E-state index in [-0.39, 0.29) is 0 Å². The van der Waals surface area contributed by atoms with Gasteiger partial charge in [-0.25, -0.2) is 4.98 Å². The fraction of sp³-hybridized carbons (Fsp3) is 0.231. The maximum absolute atomic E-state index is 9.00. The van der Waals surface area contributed by atoms with Crippen LogP contribution < -0.4 is 5.32 Å². The first-order valence-corrected chi connectivity index (χ1v) is 6.74. The second kappa shape index (κ2) is 5.85. The lowest BCUT2D eigenvalue weighted by atomic mass is 10.2. The Bertz CT molecular complexity index is 586. The van der Waals surface area contributed by atoms with E-state index in [0.29, 0.717) is 22.8 Å². The van der Waals surface area contributed by atoms with Gasteiger partial charge in [0.05, 0.1) is 21.3 Å². The summed E-state index contributed by atoms with van der Waals surface area (Å²) in [7, 11) is 0. The van der Waals surface area contributed by atoms with Gasteiger partial charge in [-0.15, -0.1) is 11.3 Å². The highest BCUT2D eigenvalue weighted by atomic mass is 35.5. The Morgan fingerprint density at radius 3 is 3.00 bits per heavy atom. The van der Waals surface area contributed by atoms with Crippen molar-refractivity contribution in [1.82, 2.24) is 4.98 Å². The number of nitrogens with one attached hydrogen (secondary N) is 1. The van der Waals surface area contributed by atoms with Crippen LogP contribution in [0, 0.1) is 18.3 Å². The number of para-hydroxylation sites is 1. The SMILES string of the molecule is Cc1cnc(CCNc2c(Cl)cccc2C#N)s1. The van der Waals surface area contributed by atoms with Gasteiger partial charge < -0.3 is 5.32 Å². The van der Waals surface area contributed by atoms with Gasteiger partial charge in [0.2, 0.25) is 0 Å². The number of anilines is 1. The van der Waals surface area contributed by atoms with E-state index in [4.69, 9.17) is 16.9 Å². The standard InChI is InChI=1S/C13H12ClN3S/c1-9-8-17-12(18-9)5-6-16-13-10(7-15)3-2-4-11(13)14/h2-4,8,16H,5-6H2,1H3. The Morgan fingerprint density at radius 2 is 2.33 bits per heavy atom. The average Bonchev–Trinajstić information content (AvgIpc) is 2.77. The zero-order chi connectivity index (χ0) is 13.0. The first-order valence-electron chi connectivity index (χ1n) is 5.54. The molecule has 0 saturated carbocycles. The highest BCUT2D eigenvalue weighted by molar-refractivity contribution is 7.11. The van der Waals surface area contributed by atoms with Crippen LogP contribution in [-0.4, -0.2) is 11.5 Å². The molecule has 0 aliphatic carbocycles. The molecule has 3 nitrogen and oxygen atoms in total. The Balaban J connectivity index is 2.00. The van der Waals surface area contributed by atoms with Crippen LogP contribution in [0.15, 0.2) is 24.4 Å². The summed E-state index contributed by atoms with van der Waals surface area (Å²) in [5, 5.41) is 13.9. The van der Waals surface area contributed by atoms with Crippen LogP contribution >= 0.6 is 22.9 Å². The molecule has 0 atom stereocenters. The number of hydrogen-bond acceptors (Lipinski definition) is 4. The predicted molar refractivity (Wildman–Crippen MR) is 75.2 cm³/mol. The first kappa shape index (κ1) is 12.9. The lowest BCUT2D eigenvalue weighted by Gasteiger charge is -2.08. The maximum atomic E-state index is 9.00. The lowest BCUT2D eigenvalue weighted by Crippen LogP contribution is -2.06. The highest BCUT2D eigenvalue weighted by Crippen LogP contribution is 2.25. The molecule has 2 aromatic rings. The molecule has 1 heterocycles. The van der Waals surface area contributed by atoms with Crippen LogP contribution in [0.4, 0.5) is 5.69 Å². The van der Waals surface area contributed by atoms with E-state index >= 15 is 0 Å². The average molecular weight is 278 g/mol. The van der Waals surface area contributed by atoms with Crippen molar-refractivity contribution in [3.63, 3.8) is 0 Å². The van der Waals surface area contributed by atoms with Crippen molar-refractivity contribution < 1.29 is 0 Å². The third-order valence-electron chi connectivity index (χ3n) is 2.44. The lowest BCUT2D eigenvalue weighted by molar-refractivity contribution is 0.997. The van der Waals surface area contributed by atoms with Gasteiger partial charge in [-0.1, -0.05) is 17.7 Å². The Morgan fingerprint density at radius 1 is 1.50 bits per heavy atom. The number of aryl methyl sites for hydroxylation is 1. The predicted octanol–water partition coefficient (Wildman–Crippen LogP) is 3.63. The molecule has 0 amide bonds. The van der Waals surface area contributed by atoms with Crippen molar-refractivity contribution in [3.05, 3.63) is 44.9 Å². The number of halogens is 1. The van der Waals surface area contributed by atoms with E-state index < -0.39 is 0 Å². The summed E-state index contributed by atoms with van der Waals surface area (Å²) < 4.78 is 0. The summed E-state index contributed by atoms with van der Waals surface area (Å²) >= 11 is 7.76. The third-order valence-corrected chi connectivity index (χ3v) is 3.73. The van der Waals surface area contributed by atoms with Crippen molar-refractivity contribution in [2.45, 2.75) is 13.3 Å². The molecule has 18 heavy (non-hydrogen) atoms. The summed E-state index contributed by atoms with van der Waals surface area (Å²) in [4.78, 5) is 5.50. The minimum Gasteiger partial charge on any atom is -0.382 e.